The third-order valence-corrected chi connectivity index (χ3v) is 7.18. The molecule has 12 heteroatoms. The molecule has 1 fully saturated rings. The number of hydrogen-bond acceptors (Lipinski definition) is 7. The van der Waals surface area contributed by atoms with Crippen molar-refractivity contribution in [3.05, 3.63) is 89.9 Å². The van der Waals surface area contributed by atoms with Gasteiger partial charge in [0.25, 0.3) is 5.91 Å². The van der Waals surface area contributed by atoms with Crippen molar-refractivity contribution in [1.29, 1.82) is 0 Å². The molecule has 6 rings (SSSR count). The molecule has 42 heavy (non-hydrogen) atoms. The quantitative estimate of drug-likeness (QED) is 0.222. The summed E-state index contributed by atoms with van der Waals surface area (Å²) in [6, 6.07) is 17.0. The summed E-state index contributed by atoms with van der Waals surface area (Å²) < 4.78 is 39.3. The number of carbonyl (C=O) groups excluding carboxylic acids is 1. The zero-order valence-electron chi connectivity index (χ0n) is 22.6. The van der Waals surface area contributed by atoms with Gasteiger partial charge in [-0.25, -0.2) is 15.0 Å². The van der Waals surface area contributed by atoms with Gasteiger partial charge in [0.05, 0.1) is 16.8 Å². The van der Waals surface area contributed by atoms with E-state index in [4.69, 9.17) is 0 Å². The van der Waals surface area contributed by atoms with Crippen molar-refractivity contribution >= 4 is 34.3 Å². The van der Waals surface area contributed by atoms with E-state index in [0.717, 1.165) is 53.2 Å². The van der Waals surface area contributed by atoms with Crippen LogP contribution in [0.2, 0.25) is 0 Å². The first-order valence-electron chi connectivity index (χ1n) is 13.5. The molecule has 0 radical (unpaired) electrons. The monoisotopic (exact) mass is 572 g/mol. The molecule has 1 aliphatic rings. The predicted octanol–water partition coefficient (Wildman–Crippen LogP) is 6.20. The molecule has 9 nitrogen and oxygen atoms in total. The molecule has 5 aromatic rings. The second-order valence-electron chi connectivity index (χ2n) is 10.2. The van der Waals surface area contributed by atoms with Crippen LogP contribution in [0.1, 0.15) is 34.5 Å². The lowest BCUT2D eigenvalue weighted by molar-refractivity contribution is -0.137. The number of likely N-dealkylation sites (tertiary alicyclic amines) is 1. The lowest BCUT2D eigenvalue weighted by Gasteiger charge is -2.32. The maximum atomic E-state index is 13.1. The minimum atomic E-state index is -4.46. The van der Waals surface area contributed by atoms with Gasteiger partial charge in [0.2, 0.25) is 0 Å². The highest BCUT2D eigenvalue weighted by atomic mass is 19.4. The van der Waals surface area contributed by atoms with Crippen LogP contribution in [0, 0.1) is 6.92 Å². The summed E-state index contributed by atoms with van der Waals surface area (Å²) >= 11 is 0. The van der Waals surface area contributed by atoms with E-state index in [-0.39, 0.29) is 17.8 Å². The minimum absolute atomic E-state index is 0.0528. The number of alkyl halides is 3. The standard InChI is InChI=1S/C30H27F3N8O/c1-18-14-24(37-27(15-18)38-26-16-20(8-11-34-26)30(31,32)33)19-6-7-25(35-17-19)36-21-9-12-41(13-10-21)29(42)28-22-4-2-3-5-23(22)39-40-28/h2-8,11,14-17,21H,9-10,12-13H2,1H3,(H,35,36)(H,39,40)(H,34,37,38). The summed E-state index contributed by atoms with van der Waals surface area (Å²) in [6.07, 6.45) is -0.0983. The molecule has 5 heterocycles. The summed E-state index contributed by atoms with van der Waals surface area (Å²) in [7, 11) is 0. The number of amides is 1. The first kappa shape index (κ1) is 27.2. The van der Waals surface area contributed by atoms with Crippen molar-refractivity contribution in [2.24, 2.45) is 0 Å². The molecule has 3 N–H and O–H groups in total. The lowest BCUT2D eigenvalue weighted by Crippen LogP contribution is -2.42. The first-order valence-corrected chi connectivity index (χ1v) is 13.5. The normalized spacial score (nSPS) is 14.2. The van der Waals surface area contributed by atoms with E-state index in [1.54, 1.807) is 12.3 Å². The Morgan fingerprint density at radius 3 is 2.55 bits per heavy atom. The Morgan fingerprint density at radius 1 is 0.976 bits per heavy atom. The number of benzene rings is 1. The van der Waals surface area contributed by atoms with Crippen LogP contribution >= 0.6 is 0 Å². The van der Waals surface area contributed by atoms with Crippen LogP contribution in [-0.2, 0) is 6.18 Å². The fraction of sp³-hybridized carbons (Fsp3) is 0.233. The molecule has 214 valence electrons. The van der Waals surface area contributed by atoms with Crippen LogP contribution in [0.15, 0.2) is 73.1 Å². The zero-order chi connectivity index (χ0) is 29.3. The van der Waals surface area contributed by atoms with Crippen LogP contribution < -0.4 is 10.6 Å². The zero-order valence-corrected chi connectivity index (χ0v) is 22.6. The Hall–Kier alpha value is -5.00. The number of nitrogens with one attached hydrogen (secondary N) is 3. The van der Waals surface area contributed by atoms with Crippen LogP contribution in [0.4, 0.5) is 30.6 Å². The fourth-order valence-electron chi connectivity index (χ4n) is 5.03. The first-order chi connectivity index (χ1) is 20.2. The molecule has 1 saturated heterocycles. The average Bonchev–Trinajstić information content (AvgIpc) is 3.41. The van der Waals surface area contributed by atoms with Crippen LogP contribution in [0.5, 0.6) is 0 Å². The summed E-state index contributed by atoms with van der Waals surface area (Å²) in [5.41, 5.74) is 2.76. The number of carbonyl (C=O) groups is 1. The number of fused-ring (bicyclic) bond motifs is 1. The minimum Gasteiger partial charge on any atom is -0.367 e. The Morgan fingerprint density at radius 2 is 1.79 bits per heavy atom. The summed E-state index contributed by atoms with van der Waals surface area (Å²) in [6.45, 7) is 3.10. The molecule has 1 amide bonds. The van der Waals surface area contributed by atoms with Crippen molar-refractivity contribution in [3.63, 3.8) is 0 Å². The molecule has 1 aliphatic heterocycles. The predicted molar refractivity (Wildman–Crippen MR) is 153 cm³/mol. The highest BCUT2D eigenvalue weighted by molar-refractivity contribution is 6.04. The van der Waals surface area contributed by atoms with E-state index in [9.17, 15) is 18.0 Å². The van der Waals surface area contributed by atoms with Gasteiger partial charge >= 0.3 is 6.18 Å². The molecule has 0 atom stereocenters. The topological polar surface area (TPSA) is 112 Å². The smallest absolute Gasteiger partial charge is 0.367 e. The Balaban J connectivity index is 1.08. The SMILES string of the molecule is Cc1cc(Nc2cc(C(F)(F)F)ccn2)nc(-c2ccc(NC3CCN(C(=O)c4n[nH]c5ccccc45)CC3)nc2)c1. The molecule has 0 aliphatic carbocycles. The number of anilines is 3. The van der Waals surface area contributed by atoms with E-state index < -0.39 is 11.7 Å². The third-order valence-electron chi connectivity index (χ3n) is 7.18. The van der Waals surface area contributed by atoms with Gasteiger partial charge in [0.1, 0.15) is 17.5 Å². The highest BCUT2D eigenvalue weighted by Crippen LogP contribution is 2.31. The number of aromatic nitrogens is 5. The third kappa shape index (κ3) is 5.87. The van der Waals surface area contributed by atoms with E-state index in [0.29, 0.717) is 36.1 Å². The number of H-pyrrole nitrogens is 1. The Labute approximate surface area is 239 Å². The van der Waals surface area contributed by atoms with Gasteiger partial charge in [0, 0.05) is 42.5 Å². The number of hydrogen-bond donors (Lipinski definition) is 3. The molecule has 0 spiro atoms. The van der Waals surface area contributed by atoms with Crippen molar-refractivity contribution < 1.29 is 18.0 Å². The van der Waals surface area contributed by atoms with Gasteiger partial charge in [-0.2, -0.15) is 18.3 Å². The molecule has 0 unspecified atom stereocenters. The van der Waals surface area contributed by atoms with Crippen LogP contribution in [0.25, 0.3) is 22.2 Å². The maximum absolute atomic E-state index is 13.1. The highest BCUT2D eigenvalue weighted by Gasteiger charge is 2.31. The van der Waals surface area contributed by atoms with E-state index in [2.05, 4.69) is 35.8 Å². The average molecular weight is 573 g/mol. The van der Waals surface area contributed by atoms with Crippen LogP contribution in [-0.4, -0.2) is 55.1 Å². The summed E-state index contributed by atoms with van der Waals surface area (Å²) in [5, 5.41) is 14.3. The van der Waals surface area contributed by atoms with Crippen molar-refractivity contribution in [2.45, 2.75) is 32.0 Å². The summed E-state index contributed by atoms with van der Waals surface area (Å²) in [4.78, 5) is 28.0. The van der Waals surface area contributed by atoms with Crippen molar-refractivity contribution in [3.8, 4) is 11.3 Å². The Kier molecular flexibility index (Phi) is 7.19. The second-order valence-corrected chi connectivity index (χ2v) is 10.2. The van der Waals surface area contributed by atoms with Gasteiger partial charge in [-0.3, -0.25) is 9.89 Å². The van der Waals surface area contributed by atoms with Gasteiger partial charge in [-0.05, 0) is 67.8 Å². The lowest BCUT2D eigenvalue weighted by atomic mass is 10.0. The van der Waals surface area contributed by atoms with Crippen LogP contribution in [0.3, 0.4) is 0 Å². The van der Waals surface area contributed by atoms with E-state index in [1.807, 2.05) is 54.3 Å². The number of nitrogens with zero attached hydrogens (tertiary/aromatic N) is 5. The van der Waals surface area contributed by atoms with E-state index in [1.165, 1.54) is 0 Å². The number of halogens is 3. The summed E-state index contributed by atoms with van der Waals surface area (Å²) in [5.74, 6) is 1.07. The molecular formula is C30H27F3N8O. The molecule has 1 aromatic carbocycles. The van der Waals surface area contributed by atoms with Gasteiger partial charge in [0.15, 0.2) is 5.69 Å². The van der Waals surface area contributed by atoms with Gasteiger partial charge in [-0.1, -0.05) is 18.2 Å². The molecular weight excluding hydrogens is 545 g/mol. The largest absolute Gasteiger partial charge is 0.416 e. The number of aryl methyl sites for hydroxylation is 1. The van der Waals surface area contributed by atoms with Crippen molar-refractivity contribution in [2.75, 3.05) is 23.7 Å². The Bertz CT molecular complexity index is 1730. The van der Waals surface area contributed by atoms with E-state index >= 15 is 0 Å². The molecule has 0 saturated carbocycles. The number of piperidine rings is 1. The molecule has 4 aromatic heterocycles. The number of rotatable bonds is 6. The maximum Gasteiger partial charge on any atom is 0.416 e. The van der Waals surface area contributed by atoms with Crippen molar-refractivity contribution in [1.82, 2.24) is 30.0 Å². The van der Waals surface area contributed by atoms with Gasteiger partial charge in [-0.15, -0.1) is 0 Å². The number of aromatic amines is 1. The fourth-order valence-corrected chi connectivity index (χ4v) is 5.03. The number of para-hydroxylation sites is 1. The molecule has 0 bridgehead atoms. The number of pyridine rings is 3. The second kappa shape index (κ2) is 11.1. The van der Waals surface area contributed by atoms with Gasteiger partial charge < -0.3 is 15.5 Å².